The minimum atomic E-state index is -5.08. The topological polar surface area (TPSA) is 109 Å². The van der Waals surface area contributed by atoms with E-state index < -0.39 is 22.2 Å². The summed E-state index contributed by atoms with van der Waals surface area (Å²) in [5.74, 6) is -1.78. The largest absolute Gasteiger partial charge is 0.490 e. The van der Waals surface area contributed by atoms with E-state index in [4.69, 9.17) is 19.1 Å². The monoisotopic (exact) mass is 442 g/mol. The fourth-order valence-electron chi connectivity index (χ4n) is 3.50. The summed E-state index contributed by atoms with van der Waals surface area (Å²) in [6, 6.07) is 3.90. The molecule has 2 fully saturated rings. The first-order valence-electron chi connectivity index (χ1n) is 9.06. The van der Waals surface area contributed by atoms with Gasteiger partial charge in [-0.3, -0.25) is 4.90 Å². The number of carboxylic acids is 1. The van der Waals surface area contributed by atoms with Gasteiger partial charge >= 0.3 is 12.1 Å². The van der Waals surface area contributed by atoms with Crippen LogP contribution in [0.3, 0.4) is 0 Å². The van der Waals surface area contributed by atoms with Crippen molar-refractivity contribution >= 4 is 16.0 Å². The first-order chi connectivity index (χ1) is 13.4. The van der Waals surface area contributed by atoms with Crippen LogP contribution in [0.25, 0.3) is 0 Å². The molecule has 29 heavy (non-hydrogen) atoms. The average Bonchev–Trinajstić information content (AvgIpc) is 3.23. The van der Waals surface area contributed by atoms with Crippen molar-refractivity contribution in [2.75, 3.05) is 25.9 Å². The first-order valence-corrected chi connectivity index (χ1v) is 10.9. The van der Waals surface area contributed by atoms with Gasteiger partial charge in [0.25, 0.3) is 0 Å². The molecule has 0 aromatic carbocycles. The fraction of sp³-hybridized carbons (Fsp3) is 0.706. The molecule has 12 heteroatoms. The zero-order valence-corrected chi connectivity index (χ0v) is 16.8. The van der Waals surface area contributed by atoms with E-state index in [-0.39, 0.29) is 11.7 Å². The van der Waals surface area contributed by atoms with Crippen LogP contribution in [0.4, 0.5) is 13.2 Å². The molecule has 0 aliphatic carbocycles. The van der Waals surface area contributed by atoms with Crippen molar-refractivity contribution in [3.8, 4) is 0 Å². The quantitative estimate of drug-likeness (QED) is 0.718. The van der Waals surface area contributed by atoms with E-state index in [9.17, 15) is 21.6 Å². The van der Waals surface area contributed by atoms with Crippen LogP contribution in [0.1, 0.15) is 31.4 Å². The van der Waals surface area contributed by atoms with Gasteiger partial charge in [-0.25, -0.2) is 17.9 Å². The number of likely N-dealkylation sites (tertiary alicyclic amines) is 1. The van der Waals surface area contributed by atoms with Crippen LogP contribution in [0.5, 0.6) is 0 Å². The molecule has 2 atom stereocenters. The van der Waals surface area contributed by atoms with Crippen molar-refractivity contribution in [1.29, 1.82) is 0 Å². The van der Waals surface area contributed by atoms with Crippen LogP contribution < -0.4 is 4.72 Å². The Labute approximate surface area is 167 Å². The Morgan fingerprint density at radius 2 is 2.10 bits per heavy atom. The van der Waals surface area contributed by atoms with Crippen molar-refractivity contribution in [1.82, 2.24) is 9.62 Å². The Hall–Kier alpha value is -1.63. The van der Waals surface area contributed by atoms with Crippen LogP contribution in [0, 0.1) is 0 Å². The number of carbonyl (C=O) groups is 1. The smallest absolute Gasteiger partial charge is 0.475 e. The highest BCUT2D eigenvalue weighted by molar-refractivity contribution is 7.88. The molecule has 2 N–H and O–H groups in total. The normalized spacial score (nSPS) is 25.6. The standard InChI is InChI=1S/C15H24N2O4S.C2HF3O2/c1-22(18,19)16-10-13-4-2-6-15(21-13)7-8-17(12-15)11-14-5-3-9-20-14;3-2(4,5)1(6)7/h3,5,9,13,16H,2,4,6-8,10-12H2,1H3;(H,6,7)/t13-,15+;/m0./s1. The number of carboxylic acid groups (broad SMARTS) is 1. The van der Waals surface area contributed by atoms with Gasteiger partial charge in [-0.2, -0.15) is 13.2 Å². The molecular weight excluding hydrogens is 417 g/mol. The lowest BCUT2D eigenvalue weighted by atomic mass is 9.90. The Morgan fingerprint density at radius 3 is 2.66 bits per heavy atom. The lowest BCUT2D eigenvalue weighted by Crippen LogP contribution is -2.46. The number of ether oxygens (including phenoxy) is 1. The first kappa shape index (κ1) is 23.6. The fourth-order valence-corrected chi connectivity index (χ4v) is 3.99. The number of sulfonamides is 1. The summed E-state index contributed by atoms with van der Waals surface area (Å²) in [6.45, 7) is 3.07. The number of nitrogens with zero attached hydrogens (tertiary/aromatic N) is 1. The molecule has 2 aliphatic rings. The van der Waals surface area contributed by atoms with Crippen LogP contribution >= 0.6 is 0 Å². The molecule has 0 bridgehead atoms. The molecule has 166 valence electrons. The van der Waals surface area contributed by atoms with Gasteiger partial charge in [0.05, 0.1) is 30.8 Å². The molecule has 0 saturated carbocycles. The highest BCUT2D eigenvalue weighted by atomic mass is 32.2. The highest BCUT2D eigenvalue weighted by Gasteiger charge is 2.43. The summed E-state index contributed by atoms with van der Waals surface area (Å²) in [7, 11) is -3.16. The van der Waals surface area contributed by atoms with Crippen molar-refractivity contribution in [3.05, 3.63) is 24.2 Å². The molecule has 1 aromatic rings. The second-order valence-electron chi connectivity index (χ2n) is 7.28. The molecule has 0 amide bonds. The Kier molecular flexibility index (Phi) is 7.71. The van der Waals surface area contributed by atoms with Crippen LogP contribution in [0.15, 0.2) is 22.8 Å². The average molecular weight is 442 g/mol. The highest BCUT2D eigenvalue weighted by Crippen LogP contribution is 2.37. The Bertz CT molecular complexity index is 769. The summed E-state index contributed by atoms with van der Waals surface area (Å²) in [5, 5.41) is 7.12. The van der Waals surface area contributed by atoms with Crippen LogP contribution in [-0.4, -0.2) is 68.2 Å². The number of hydrogen-bond donors (Lipinski definition) is 2. The molecule has 0 unspecified atom stereocenters. The van der Waals surface area contributed by atoms with Gasteiger partial charge in [0.2, 0.25) is 10.0 Å². The van der Waals surface area contributed by atoms with Crippen molar-refractivity contribution < 1.29 is 40.6 Å². The number of furan rings is 1. The number of aliphatic carboxylic acids is 1. The summed E-state index contributed by atoms with van der Waals surface area (Å²) >= 11 is 0. The van der Waals surface area contributed by atoms with E-state index in [1.807, 2.05) is 12.1 Å². The van der Waals surface area contributed by atoms with Crippen LogP contribution in [0.2, 0.25) is 0 Å². The number of hydrogen-bond acceptors (Lipinski definition) is 6. The van der Waals surface area contributed by atoms with Gasteiger partial charge in [0.1, 0.15) is 5.76 Å². The molecule has 1 spiro atoms. The molecule has 2 saturated heterocycles. The summed E-state index contributed by atoms with van der Waals surface area (Å²) in [6.07, 6.45) is 1.84. The summed E-state index contributed by atoms with van der Waals surface area (Å²) in [4.78, 5) is 11.2. The zero-order chi connectivity index (χ0) is 21.7. The molecule has 3 heterocycles. The van der Waals surface area contributed by atoms with Gasteiger partial charge in [-0.05, 0) is 37.8 Å². The number of halogens is 3. The van der Waals surface area contributed by atoms with Gasteiger partial charge < -0.3 is 14.3 Å². The van der Waals surface area contributed by atoms with Crippen LogP contribution in [-0.2, 0) is 26.1 Å². The molecule has 0 radical (unpaired) electrons. The second-order valence-corrected chi connectivity index (χ2v) is 9.11. The molecule has 2 aliphatic heterocycles. The van der Waals surface area contributed by atoms with E-state index in [1.54, 1.807) is 6.26 Å². The Morgan fingerprint density at radius 1 is 1.41 bits per heavy atom. The van der Waals surface area contributed by atoms with Crippen molar-refractivity contribution in [2.24, 2.45) is 0 Å². The number of rotatable bonds is 5. The maximum Gasteiger partial charge on any atom is 0.490 e. The van der Waals surface area contributed by atoms with E-state index in [2.05, 4.69) is 9.62 Å². The summed E-state index contributed by atoms with van der Waals surface area (Å²) < 4.78 is 68.5. The second kappa shape index (κ2) is 9.45. The minimum absolute atomic E-state index is 0.0213. The molecule has 1 aromatic heterocycles. The molecule has 3 rings (SSSR count). The maximum absolute atomic E-state index is 11.2. The van der Waals surface area contributed by atoms with Gasteiger partial charge in [-0.1, -0.05) is 0 Å². The third kappa shape index (κ3) is 7.96. The third-order valence-electron chi connectivity index (χ3n) is 4.75. The minimum Gasteiger partial charge on any atom is -0.475 e. The lowest BCUT2D eigenvalue weighted by Gasteiger charge is -2.38. The van der Waals surface area contributed by atoms with E-state index in [1.165, 1.54) is 6.26 Å². The van der Waals surface area contributed by atoms with Crippen molar-refractivity contribution in [3.63, 3.8) is 0 Å². The van der Waals surface area contributed by atoms with Gasteiger partial charge in [-0.15, -0.1) is 0 Å². The van der Waals surface area contributed by atoms with Crippen molar-refractivity contribution in [2.45, 2.75) is 50.1 Å². The number of nitrogens with one attached hydrogen (secondary N) is 1. The zero-order valence-electron chi connectivity index (χ0n) is 15.9. The number of alkyl halides is 3. The summed E-state index contributed by atoms with van der Waals surface area (Å²) in [5.41, 5.74) is -0.116. The molecular formula is C17H25F3N2O6S. The van der Waals surface area contributed by atoms with E-state index >= 15 is 0 Å². The van der Waals surface area contributed by atoms with Gasteiger partial charge in [0, 0.05) is 19.6 Å². The maximum atomic E-state index is 11.2. The predicted octanol–water partition coefficient (Wildman–Crippen LogP) is 1.98. The SMILES string of the molecule is CS(=O)(=O)NC[C@@H]1CCC[C@]2(CCN(Cc3ccco3)C2)O1.O=C(O)C(F)(F)F. The van der Waals surface area contributed by atoms with E-state index in [0.717, 1.165) is 51.1 Å². The van der Waals surface area contributed by atoms with E-state index in [0.29, 0.717) is 6.54 Å². The third-order valence-corrected chi connectivity index (χ3v) is 5.44. The Balaban J connectivity index is 0.000000370. The predicted molar refractivity (Wildman–Crippen MR) is 96.6 cm³/mol. The molecule has 8 nitrogen and oxygen atoms in total. The van der Waals surface area contributed by atoms with Gasteiger partial charge in [0.15, 0.2) is 0 Å². The lowest BCUT2D eigenvalue weighted by molar-refractivity contribution is -0.192.